The van der Waals surface area contributed by atoms with Gasteiger partial charge in [-0.2, -0.15) is 13.2 Å². The number of halogens is 4. The van der Waals surface area contributed by atoms with Crippen molar-refractivity contribution in [2.75, 3.05) is 20.3 Å². The van der Waals surface area contributed by atoms with E-state index in [4.69, 9.17) is 23.7 Å². The summed E-state index contributed by atoms with van der Waals surface area (Å²) >= 11 is 3.92. The van der Waals surface area contributed by atoms with Crippen LogP contribution in [-0.4, -0.2) is 26.3 Å². The van der Waals surface area contributed by atoms with Gasteiger partial charge in [-0.1, -0.05) is 145 Å². The van der Waals surface area contributed by atoms with Gasteiger partial charge in [0.25, 0.3) is 0 Å². The molecule has 0 spiro atoms. The maximum absolute atomic E-state index is 14.5. The second-order valence-electron chi connectivity index (χ2n) is 23.5. The van der Waals surface area contributed by atoms with E-state index in [0.717, 1.165) is 92.6 Å². The third kappa shape index (κ3) is 11.8. The van der Waals surface area contributed by atoms with Crippen molar-refractivity contribution in [1.82, 2.24) is 0 Å². The first-order chi connectivity index (χ1) is 40.2. The van der Waals surface area contributed by atoms with Crippen LogP contribution in [0.1, 0.15) is 162 Å². The van der Waals surface area contributed by atoms with E-state index in [2.05, 4.69) is 72.3 Å². The van der Waals surface area contributed by atoms with Crippen LogP contribution < -0.4 is 23.7 Å². The van der Waals surface area contributed by atoms with Gasteiger partial charge in [-0.25, -0.2) is 0 Å². The van der Waals surface area contributed by atoms with E-state index in [1.54, 1.807) is 19.2 Å². The smallest absolute Gasteiger partial charge is 0.416 e. The number of carbonyl (C=O) groups excluding carboxylic acids is 1. The molecule has 11 rings (SSSR count). The highest BCUT2D eigenvalue weighted by molar-refractivity contribution is 9.10. The fraction of sp³-hybridized carbons (Fsp3) is 0.356. The number of ether oxygens (including phenoxy) is 5. The molecule has 1 saturated carbocycles. The summed E-state index contributed by atoms with van der Waals surface area (Å²) in [5, 5.41) is 2.95. The minimum Gasteiger partial charge on any atom is -0.497 e. The summed E-state index contributed by atoms with van der Waals surface area (Å²) in [5.74, 6) is 4.42. The van der Waals surface area contributed by atoms with Crippen LogP contribution in [0.15, 0.2) is 150 Å². The lowest BCUT2D eigenvalue weighted by molar-refractivity contribution is -0.137. The number of hydrogen-bond acceptors (Lipinski definition) is 6. The molecule has 0 aromatic heterocycles. The van der Waals surface area contributed by atoms with E-state index in [-0.39, 0.29) is 12.4 Å². The predicted molar refractivity (Wildman–Crippen MR) is 332 cm³/mol. The predicted octanol–water partition coefficient (Wildman–Crippen LogP) is 20.7. The lowest BCUT2D eigenvalue weighted by Crippen LogP contribution is -2.35. The molecule has 430 valence electrons. The molecule has 6 nitrogen and oxygen atoms in total. The zero-order valence-corrected chi connectivity index (χ0v) is 49.9. The molecule has 1 fully saturated rings. The van der Waals surface area contributed by atoms with Crippen LogP contribution in [0.4, 0.5) is 13.2 Å². The van der Waals surface area contributed by atoms with Gasteiger partial charge in [-0.3, -0.25) is 4.79 Å². The third-order valence-electron chi connectivity index (χ3n) is 17.7. The summed E-state index contributed by atoms with van der Waals surface area (Å²) in [7, 11) is 1.63. The van der Waals surface area contributed by atoms with Crippen molar-refractivity contribution in [3.63, 3.8) is 0 Å². The Morgan fingerprint density at radius 3 is 1.96 bits per heavy atom. The molecule has 10 heteroatoms. The second kappa shape index (κ2) is 24.7. The standard InChI is InChI=1S/C73H74BrF3O6/c1-6-8-11-15-47-19-21-48(22-20-47)49-23-25-50(26-24-49)51-27-34-56(35-28-51)81-44-13-10-12-18-65(78)82-64-17-14-16-59-67-61(46-63(74)68(59)64)66-58-40-33-54(73(75,76)77)45-62(58)71(3,4)69(66)60-41-42-72(83-70(60)67,52-29-36-55(79-5)37-30-52)53-31-38-57(39-32-53)80-43-9-7-2/h14,16-17,23-42,45-48H,6-13,15,18-22,43-44H2,1-5H3. The van der Waals surface area contributed by atoms with Crippen LogP contribution >= 0.6 is 15.9 Å². The van der Waals surface area contributed by atoms with E-state index in [1.165, 1.54) is 80.2 Å². The van der Waals surface area contributed by atoms with Gasteiger partial charge in [-0.15, -0.1) is 0 Å². The summed E-state index contributed by atoms with van der Waals surface area (Å²) in [5.41, 5.74) is 6.52. The minimum atomic E-state index is -4.53. The molecular weight excluding hydrogens is 1110 g/mol. The van der Waals surface area contributed by atoms with Gasteiger partial charge in [0.05, 0.1) is 25.9 Å². The van der Waals surface area contributed by atoms with Crippen molar-refractivity contribution in [2.24, 2.45) is 5.92 Å². The summed E-state index contributed by atoms with van der Waals surface area (Å²) in [4.78, 5) is 13.8. The SMILES string of the molecule is CCCCCC1CCC(c2ccc(-c3ccc(OCCCCCC(=O)Oc4cccc5c4c(Br)cc4c6c(c7c(c45)OC(c4ccc(OC)cc4)(c4ccc(OCCCC)cc4)C=C7)C(C)(C)c4cc(C(F)(F)F)ccc4-6)cc3)cc2)CC1. The summed E-state index contributed by atoms with van der Waals surface area (Å²) in [6.45, 7) is 9.51. The Kier molecular flexibility index (Phi) is 17.2. The number of methoxy groups -OCH3 is 1. The van der Waals surface area contributed by atoms with Gasteiger partial charge in [0, 0.05) is 43.8 Å². The number of fused-ring (bicyclic) bond motifs is 10. The Morgan fingerprint density at radius 2 is 1.31 bits per heavy atom. The van der Waals surface area contributed by atoms with Gasteiger partial charge in [0.15, 0.2) is 5.60 Å². The fourth-order valence-electron chi connectivity index (χ4n) is 13.1. The lowest BCUT2D eigenvalue weighted by atomic mass is 9.76. The Hall–Kier alpha value is -7.04. The number of esters is 1. The normalized spacial score (nSPS) is 17.8. The highest BCUT2D eigenvalue weighted by Gasteiger charge is 2.46. The summed E-state index contributed by atoms with van der Waals surface area (Å²) < 4.78 is 75.9. The molecule has 2 aliphatic carbocycles. The van der Waals surface area contributed by atoms with Gasteiger partial charge < -0.3 is 23.7 Å². The van der Waals surface area contributed by atoms with Crippen molar-refractivity contribution in [1.29, 1.82) is 0 Å². The van der Waals surface area contributed by atoms with Gasteiger partial charge in [0.2, 0.25) is 0 Å². The molecule has 3 aliphatic rings. The molecule has 1 aliphatic heterocycles. The fourth-order valence-corrected chi connectivity index (χ4v) is 13.8. The van der Waals surface area contributed by atoms with Crippen LogP contribution in [0.2, 0.25) is 0 Å². The first-order valence-corrected chi connectivity index (χ1v) is 30.8. The average Bonchev–Trinajstić information content (AvgIpc) is 1.91. The minimum absolute atomic E-state index is 0.213. The van der Waals surface area contributed by atoms with Crippen molar-refractivity contribution in [2.45, 2.75) is 141 Å². The number of hydrogen-bond donors (Lipinski definition) is 0. The number of carbonyl (C=O) groups is 1. The van der Waals surface area contributed by atoms with E-state index in [9.17, 15) is 18.0 Å². The maximum Gasteiger partial charge on any atom is 0.416 e. The first-order valence-electron chi connectivity index (χ1n) is 30.0. The van der Waals surface area contributed by atoms with Crippen LogP contribution in [0, 0.1) is 5.92 Å². The Morgan fingerprint density at radius 1 is 0.675 bits per heavy atom. The molecule has 1 unspecified atom stereocenters. The largest absolute Gasteiger partial charge is 0.497 e. The first kappa shape index (κ1) is 57.8. The van der Waals surface area contributed by atoms with E-state index >= 15 is 0 Å². The number of unbranched alkanes of at least 4 members (excludes halogenated alkanes) is 5. The zero-order chi connectivity index (χ0) is 57.9. The Balaban J connectivity index is 0.829. The number of benzene rings is 8. The van der Waals surface area contributed by atoms with Gasteiger partial charge in [-0.05, 0) is 196 Å². The van der Waals surface area contributed by atoms with E-state index < -0.39 is 22.8 Å². The monoisotopic (exact) mass is 1180 g/mol. The van der Waals surface area contributed by atoms with Crippen LogP contribution in [-0.2, 0) is 22.0 Å². The molecule has 0 bridgehead atoms. The second-order valence-corrected chi connectivity index (χ2v) is 24.3. The molecule has 0 radical (unpaired) electrons. The average molecular weight is 1180 g/mol. The van der Waals surface area contributed by atoms with E-state index in [1.807, 2.05) is 98.8 Å². The van der Waals surface area contributed by atoms with Crippen LogP contribution in [0.3, 0.4) is 0 Å². The molecule has 1 heterocycles. The topological polar surface area (TPSA) is 63.2 Å². The molecule has 8 aromatic rings. The molecule has 1 atom stereocenters. The molecule has 0 amide bonds. The quantitative estimate of drug-likeness (QED) is 0.0309. The molecule has 0 N–H and O–H groups in total. The van der Waals surface area contributed by atoms with Gasteiger partial charge >= 0.3 is 12.1 Å². The van der Waals surface area contributed by atoms with Crippen molar-refractivity contribution in [3.05, 3.63) is 189 Å². The number of rotatable bonds is 21. The molecule has 83 heavy (non-hydrogen) atoms. The van der Waals surface area contributed by atoms with Crippen molar-refractivity contribution < 1.29 is 41.7 Å². The van der Waals surface area contributed by atoms with Crippen LogP contribution in [0.5, 0.6) is 28.7 Å². The Labute approximate surface area is 495 Å². The highest BCUT2D eigenvalue weighted by Crippen LogP contribution is 2.60. The maximum atomic E-state index is 14.5. The van der Waals surface area contributed by atoms with Crippen molar-refractivity contribution >= 4 is 49.5 Å². The summed E-state index contributed by atoms with van der Waals surface area (Å²) in [6, 6.07) is 45.0. The van der Waals surface area contributed by atoms with Crippen molar-refractivity contribution in [3.8, 4) is 51.0 Å². The van der Waals surface area contributed by atoms with E-state index in [0.29, 0.717) is 58.2 Å². The summed E-state index contributed by atoms with van der Waals surface area (Å²) in [6.07, 6.45) is 14.7. The molecule has 0 saturated heterocycles. The Bertz CT molecular complexity index is 3630. The zero-order valence-electron chi connectivity index (χ0n) is 48.4. The van der Waals surface area contributed by atoms with Gasteiger partial charge in [0.1, 0.15) is 28.7 Å². The van der Waals surface area contributed by atoms with Crippen LogP contribution in [0.25, 0.3) is 49.9 Å². The molecule has 8 aromatic carbocycles. The highest BCUT2D eigenvalue weighted by atomic mass is 79.9. The third-order valence-corrected chi connectivity index (χ3v) is 18.3. The molecular formula is C73H74BrF3O6. The number of alkyl halides is 3. The lowest BCUT2D eigenvalue weighted by Gasteiger charge is -2.38.